The van der Waals surface area contributed by atoms with E-state index in [4.69, 9.17) is 25.8 Å². The number of urea groups is 1. The van der Waals surface area contributed by atoms with Crippen molar-refractivity contribution in [1.29, 1.82) is 0 Å². The predicted molar refractivity (Wildman–Crippen MR) is 117 cm³/mol. The molecule has 1 aliphatic rings. The zero-order chi connectivity index (χ0) is 23.1. The van der Waals surface area contributed by atoms with Crippen LogP contribution in [0.5, 0.6) is 5.75 Å². The van der Waals surface area contributed by atoms with Crippen LogP contribution in [0, 0.1) is 0 Å². The summed E-state index contributed by atoms with van der Waals surface area (Å²) in [6, 6.07) is 12.5. The second-order valence-corrected chi connectivity index (χ2v) is 7.28. The van der Waals surface area contributed by atoms with E-state index in [0.717, 1.165) is 0 Å². The van der Waals surface area contributed by atoms with Gasteiger partial charge in [-0.05, 0) is 30.7 Å². The molecular formula is C23H23ClN2O6. The summed E-state index contributed by atoms with van der Waals surface area (Å²) in [5.74, 6) is -0.606. The van der Waals surface area contributed by atoms with E-state index in [-0.39, 0.29) is 30.9 Å². The van der Waals surface area contributed by atoms with E-state index in [2.05, 4.69) is 10.6 Å². The minimum Gasteiger partial charge on any atom is -0.496 e. The summed E-state index contributed by atoms with van der Waals surface area (Å²) in [7, 11) is 1.52. The third-order valence-electron chi connectivity index (χ3n) is 4.76. The maximum absolute atomic E-state index is 12.7. The molecule has 168 valence electrons. The monoisotopic (exact) mass is 458 g/mol. The van der Waals surface area contributed by atoms with Gasteiger partial charge in [0.15, 0.2) is 0 Å². The summed E-state index contributed by atoms with van der Waals surface area (Å²) in [4.78, 5) is 37.4. The van der Waals surface area contributed by atoms with Gasteiger partial charge >= 0.3 is 18.0 Å². The fourth-order valence-corrected chi connectivity index (χ4v) is 3.42. The zero-order valence-corrected chi connectivity index (χ0v) is 18.4. The molecule has 0 radical (unpaired) electrons. The lowest BCUT2D eigenvalue weighted by Gasteiger charge is -2.29. The Morgan fingerprint density at radius 1 is 1.06 bits per heavy atom. The topological polar surface area (TPSA) is 103 Å². The molecule has 1 atom stereocenters. The van der Waals surface area contributed by atoms with Crippen LogP contribution < -0.4 is 15.4 Å². The minimum atomic E-state index is -0.789. The number of carbonyl (C=O) groups excluding carboxylic acids is 3. The van der Waals surface area contributed by atoms with Crippen molar-refractivity contribution in [2.45, 2.75) is 19.4 Å². The summed E-state index contributed by atoms with van der Waals surface area (Å²) in [5.41, 5.74) is 1.59. The second-order valence-electron chi connectivity index (χ2n) is 6.85. The van der Waals surface area contributed by atoms with Gasteiger partial charge in [-0.25, -0.2) is 9.59 Å². The van der Waals surface area contributed by atoms with E-state index in [0.29, 0.717) is 21.9 Å². The first-order valence-corrected chi connectivity index (χ1v) is 10.3. The van der Waals surface area contributed by atoms with Gasteiger partial charge in [0.25, 0.3) is 0 Å². The van der Waals surface area contributed by atoms with Gasteiger partial charge in [-0.3, -0.25) is 4.79 Å². The average molecular weight is 459 g/mol. The predicted octanol–water partition coefficient (Wildman–Crippen LogP) is 3.31. The second kappa shape index (κ2) is 10.7. The first kappa shape index (κ1) is 23.1. The SMILES string of the molecule is CCOC(=O)C1=C(COC(=O)Cc2ccccc2OC)NC(=O)N[C@@H]1c1ccc(Cl)cc1. The van der Waals surface area contributed by atoms with E-state index in [1.807, 2.05) is 0 Å². The lowest BCUT2D eigenvalue weighted by atomic mass is 9.95. The molecule has 2 N–H and O–H groups in total. The van der Waals surface area contributed by atoms with Crippen LogP contribution in [0.25, 0.3) is 0 Å². The molecule has 0 fully saturated rings. The molecular weight excluding hydrogens is 436 g/mol. The number of rotatable bonds is 8. The smallest absolute Gasteiger partial charge is 0.338 e. The van der Waals surface area contributed by atoms with Crippen molar-refractivity contribution in [3.63, 3.8) is 0 Å². The van der Waals surface area contributed by atoms with Crippen LogP contribution in [0.2, 0.25) is 5.02 Å². The number of benzene rings is 2. The number of carbonyl (C=O) groups is 3. The Morgan fingerprint density at radius 3 is 2.47 bits per heavy atom. The largest absolute Gasteiger partial charge is 0.496 e. The maximum atomic E-state index is 12.7. The number of methoxy groups -OCH3 is 1. The number of halogens is 1. The number of hydrogen-bond donors (Lipinski definition) is 2. The Labute approximate surface area is 190 Å². The molecule has 1 heterocycles. The highest BCUT2D eigenvalue weighted by Gasteiger charge is 2.34. The van der Waals surface area contributed by atoms with Crippen LogP contribution in [0.1, 0.15) is 24.1 Å². The van der Waals surface area contributed by atoms with Gasteiger partial charge in [0.1, 0.15) is 12.4 Å². The van der Waals surface area contributed by atoms with Gasteiger partial charge < -0.3 is 24.8 Å². The average Bonchev–Trinajstić information content (AvgIpc) is 2.78. The van der Waals surface area contributed by atoms with Crippen molar-refractivity contribution in [2.75, 3.05) is 20.3 Å². The third kappa shape index (κ3) is 5.59. The molecule has 2 aromatic carbocycles. The highest BCUT2D eigenvalue weighted by molar-refractivity contribution is 6.30. The van der Waals surface area contributed by atoms with Crippen LogP contribution in [0.15, 0.2) is 59.8 Å². The summed E-state index contributed by atoms with van der Waals surface area (Å²) in [6.07, 6.45) is -0.0289. The van der Waals surface area contributed by atoms with E-state index in [9.17, 15) is 14.4 Å². The quantitative estimate of drug-likeness (QED) is 0.588. The van der Waals surface area contributed by atoms with Crippen LogP contribution >= 0.6 is 11.6 Å². The third-order valence-corrected chi connectivity index (χ3v) is 5.01. The molecule has 0 aromatic heterocycles. The molecule has 0 saturated heterocycles. The molecule has 0 aliphatic carbocycles. The maximum Gasteiger partial charge on any atom is 0.338 e. The Hall–Kier alpha value is -3.52. The highest BCUT2D eigenvalue weighted by atomic mass is 35.5. The molecule has 0 bridgehead atoms. The zero-order valence-electron chi connectivity index (χ0n) is 17.6. The van der Waals surface area contributed by atoms with Gasteiger partial charge in [0.05, 0.1) is 37.4 Å². The molecule has 2 amide bonds. The lowest BCUT2D eigenvalue weighted by molar-refractivity contribution is -0.143. The number of amides is 2. The number of para-hydroxylation sites is 1. The fourth-order valence-electron chi connectivity index (χ4n) is 3.30. The number of ether oxygens (including phenoxy) is 3. The van der Waals surface area contributed by atoms with Gasteiger partial charge in [-0.1, -0.05) is 41.9 Å². The molecule has 1 aliphatic heterocycles. The van der Waals surface area contributed by atoms with Gasteiger partial charge in [0, 0.05) is 10.6 Å². The number of esters is 2. The Bertz CT molecular complexity index is 1040. The van der Waals surface area contributed by atoms with Crippen molar-refractivity contribution in [3.8, 4) is 5.75 Å². The van der Waals surface area contributed by atoms with E-state index >= 15 is 0 Å². The van der Waals surface area contributed by atoms with Crippen molar-refractivity contribution in [3.05, 3.63) is 76.0 Å². The number of hydrogen-bond acceptors (Lipinski definition) is 6. The van der Waals surface area contributed by atoms with Crippen LogP contribution in [-0.2, 0) is 25.5 Å². The van der Waals surface area contributed by atoms with Crippen LogP contribution in [-0.4, -0.2) is 38.3 Å². The molecule has 0 unspecified atom stereocenters. The highest BCUT2D eigenvalue weighted by Crippen LogP contribution is 2.29. The molecule has 9 heteroatoms. The van der Waals surface area contributed by atoms with Crippen molar-refractivity contribution in [1.82, 2.24) is 10.6 Å². The van der Waals surface area contributed by atoms with E-state index in [1.54, 1.807) is 55.5 Å². The summed E-state index contributed by atoms with van der Waals surface area (Å²) >= 11 is 5.96. The normalized spacial score (nSPS) is 15.5. The molecule has 8 nitrogen and oxygen atoms in total. The number of nitrogens with one attached hydrogen (secondary N) is 2. The van der Waals surface area contributed by atoms with Gasteiger partial charge in [0.2, 0.25) is 0 Å². The van der Waals surface area contributed by atoms with E-state index < -0.39 is 24.0 Å². The van der Waals surface area contributed by atoms with E-state index in [1.165, 1.54) is 7.11 Å². The Kier molecular flexibility index (Phi) is 7.72. The molecule has 2 aromatic rings. The lowest BCUT2D eigenvalue weighted by Crippen LogP contribution is -2.47. The van der Waals surface area contributed by atoms with Crippen molar-refractivity contribution < 1.29 is 28.6 Å². The Balaban J connectivity index is 1.84. The molecule has 32 heavy (non-hydrogen) atoms. The molecule has 0 spiro atoms. The minimum absolute atomic E-state index is 0.0289. The fraction of sp³-hybridized carbons (Fsp3) is 0.261. The molecule has 0 saturated carbocycles. The van der Waals surface area contributed by atoms with Crippen LogP contribution in [0.4, 0.5) is 4.79 Å². The van der Waals surface area contributed by atoms with Gasteiger partial charge in [-0.15, -0.1) is 0 Å². The summed E-state index contributed by atoms with van der Waals surface area (Å²) in [5, 5.41) is 5.78. The Morgan fingerprint density at radius 2 is 1.78 bits per heavy atom. The summed E-state index contributed by atoms with van der Waals surface area (Å²) in [6.45, 7) is 1.52. The van der Waals surface area contributed by atoms with Crippen LogP contribution in [0.3, 0.4) is 0 Å². The van der Waals surface area contributed by atoms with Crippen molar-refractivity contribution in [2.24, 2.45) is 0 Å². The van der Waals surface area contributed by atoms with Gasteiger partial charge in [-0.2, -0.15) is 0 Å². The molecule has 3 rings (SSSR count). The van der Waals surface area contributed by atoms with Crippen molar-refractivity contribution >= 4 is 29.6 Å². The first-order chi connectivity index (χ1) is 15.4. The summed E-state index contributed by atoms with van der Waals surface area (Å²) < 4.78 is 15.8. The standard InChI is InChI=1S/C23H23ClN2O6/c1-3-31-22(28)20-17(13-32-19(27)12-15-6-4-5-7-18(15)30-2)25-23(29)26-21(20)14-8-10-16(24)11-9-14/h4-11,21H,3,12-13H2,1-2H3,(H2,25,26,29)/t21-/m1/s1. The first-order valence-electron chi connectivity index (χ1n) is 9.93.